The fraction of sp³-hybridized carbons (Fsp3) is 0.643. The lowest BCUT2D eigenvalue weighted by Gasteiger charge is -2.18. The van der Waals surface area contributed by atoms with Crippen molar-refractivity contribution < 1.29 is 0 Å². The summed E-state index contributed by atoms with van der Waals surface area (Å²) >= 11 is 5.13. The van der Waals surface area contributed by atoms with Crippen LogP contribution >= 0.6 is 12.2 Å². The van der Waals surface area contributed by atoms with Gasteiger partial charge < -0.3 is 11.1 Å². The minimum atomic E-state index is 0.326. The average Bonchev–Trinajstić information content (AvgIpc) is 2.31. The van der Waals surface area contributed by atoms with Crippen LogP contribution in [-0.4, -0.2) is 21.2 Å². The summed E-state index contributed by atoms with van der Waals surface area (Å²) in [5, 5.41) is 11.7. The molecule has 19 heavy (non-hydrogen) atoms. The molecule has 0 bridgehead atoms. The van der Waals surface area contributed by atoms with Crippen LogP contribution in [-0.2, 0) is 0 Å². The van der Waals surface area contributed by atoms with Gasteiger partial charge in [-0.1, -0.05) is 26.1 Å². The number of thiocarbonyl (C=S) groups is 1. The van der Waals surface area contributed by atoms with E-state index in [9.17, 15) is 0 Å². The number of hydrogen-bond acceptors (Lipinski definition) is 4. The first-order valence-corrected chi connectivity index (χ1v) is 7.14. The maximum Gasteiger partial charge on any atom is 0.159 e. The molecule has 1 rings (SSSR count). The number of rotatable bonds is 6. The Bertz CT molecular complexity index is 457. The largest absolute Gasteiger partial charge is 0.389 e. The Morgan fingerprint density at radius 1 is 1.21 bits per heavy atom. The summed E-state index contributed by atoms with van der Waals surface area (Å²) in [6.07, 6.45) is 2.26. The van der Waals surface area contributed by atoms with Gasteiger partial charge in [-0.15, -0.1) is 5.10 Å². The summed E-state index contributed by atoms with van der Waals surface area (Å²) in [4.78, 5) is 0.369. The van der Waals surface area contributed by atoms with E-state index >= 15 is 0 Å². The first-order valence-electron chi connectivity index (χ1n) is 6.73. The molecule has 0 aromatic carbocycles. The Hall–Kier alpha value is -1.23. The second-order valence-electron chi connectivity index (χ2n) is 5.51. The topological polar surface area (TPSA) is 63.8 Å². The SMILES string of the molecule is Cc1nnc(NC(C)CCC(C)C)c(C(N)=S)c1C. The third-order valence-corrected chi connectivity index (χ3v) is 3.47. The van der Waals surface area contributed by atoms with Crippen molar-refractivity contribution in [3.63, 3.8) is 0 Å². The van der Waals surface area contributed by atoms with Gasteiger partial charge in [0.25, 0.3) is 0 Å². The van der Waals surface area contributed by atoms with Crippen LogP contribution in [0, 0.1) is 19.8 Å². The molecule has 0 aliphatic carbocycles. The summed E-state index contributed by atoms with van der Waals surface area (Å²) in [5.74, 6) is 1.40. The van der Waals surface area contributed by atoms with Gasteiger partial charge in [-0.3, -0.25) is 0 Å². The molecular formula is C14H24N4S. The standard InChI is InChI=1S/C14H24N4S/c1-8(2)6-7-9(3)16-14-12(13(15)19)10(4)11(5)17-18-14/h8-9H,6-7H2,1-5H3,(H2,15,19)(H,16,18). The highest BCUT2D eigenvalue weighted by atomic mass is 32.1. The van der Waals surface area contributed by atoms with E-state index in [0.717, 1.165) is 23.2 Å². The molecule has 4 nitrogen and oxygen atoms in total. The van der Waals surface area contributed by atoms with Crippen molar-refractivity contribution in [2.45, 2.75) is 53.5 Å². The van der Waals surface area contributed by atoms with E-state index in [-0.39, 0.29) is 0 Å². The van der Waals surface area contributed by atoms with E-state index in [2.05, 4.69) is 36.3 Å². The fourth-order valence-corrected chi connectivity index (χ4v) is 2.15. The smallest absolute Gasteiger partial charge is 0.159 e. The van der Waals surface area contributed by atoms with E-state index in [1.54, 1.807) is 0 Å². The van der Waals surface area contributed by atoms with Gasteiger partial charge in [0.1, 0.15) is 4.99 Å². The molecule has 5 heteroatoms. The Kier molecular flexibility index (Phi) is 5.66. The molecule has 1 unspecified atom stereocenters. The third-order valence-electron chi connectivity index (χ3n) is 3.26. The molecule has 0 spiro atoms. The van der Waals surface area contributed by atoms with Gasteiger partial charge in [0.15, 0.2) is 5.82 Å². The Labute approximate surface area is 121 Å². The molecule has 0 aliphatic heterocycles. The summed E-state index contributed by atoms with van der Waals surface area (Å²) in [7, 11) is 0. The van der Waals surface area contributed by atoms with Crippen LogP contribution in [0.3, 0.4) is 0 Å². The zero-order chi connectivity index (χ0) is 14.6. The highest BCUT2D eigenvalue weighted by Crippen LogP contribution is 2.20. The number of nitrogens with two attached hydrogens (primary N) is 1. The minimum Gasteiger partial charge on any atom is -0.389 e. The normalized spacial score (nSPS) is 12.5. The second kappa shape index (κ2) is 6.80. The fourth-order valence-electron chi connectivity index (χ4n) is 1.90. The van der Waals surface area contributed by atoms with E-state index in [1.165, 1.54) is 6.42 Å². The predicted octanol–water partition coefficient (Wildman–Crippen LogP) is 2.96. The van der Waals surface area contributed by atoms with Crippen LogP contribution < -0.4 is 11.1 Å². The van der Waals surface area contributed by atoms with Crippen LogP contribution in [0.2, 0.25) is 0 Å². The highest BCUT2D eigenvalue weighted by Gasteiger charge is 2.15. The summed E-state index contributed by atoms with van der Waals surface area (Å²) in [5.41, 5.74) is 8.49. The van der Waals surface area contributed by atoms with Gasteiger partial charge in [0.2, 0.25) is 0 Å². The van der Waals surface area contributed by atoms with Crippen molar-refractivity contribution in [2.75, 3.05) is 5.32 Å². The molecule has 1 aromatic rings. The Morgan fingerprint density at radius 2 is 1.84 bits per heavy atom. The lowest BCUT2D eigenvalue weighted by molar-refractivity contribution is 0.526. The summed E-state index contributed by atoms with van der Waals surface area (Å²) < 4.78 is 0. The van der Waals surface area contributed by atoms with Crippen LogP contribution in [0.1, 0.15) is 50.4 Å². The van der Waals surface area contributed by atoms with Crippen molar-refractivity contribution in [3.05, 3.63) is 16.8 Å². The number of hydrogen-bond donors (Lipinski definition) is 2. The maximum absolute atomic E-state index is 5.81. The molecule has 0 aliphatic rings. The average molecular weight is 280 g/mol. The predicted molar refractivity (Wildman–Crippen MR) is 84.6 cm³/mol. The van der Waals surface area contributed by atoms with Crippen molar-refractivity contribution in [3.8, 4) is 0 Å². The van der Waals surface area contributed by atoms with E-state index in [0.29, 0.717) is 22.8 Å². The van der Waals surface area contributed by atoms with Crippen molar-refractivity contribution in [1.82, 2.24) is 10.2 Å². The molecule has 0 fully saturated rings. The second-order valence-corrected chi connectivity index (χ2v) is 5.95. The van der Waals surface area contributed by atoms with Gasteiger partial charge in [0, 0.05) is 6.04 Å². The van der Waals surface area contributed by atoms with Gasteiger partial charge in [-0.05, 0) is 45.1 Å². The number of aryl methyl sites for hydroxylation is 1. The third kappa shape index (κ3) is 4.42. The zero-order valence-electron chi connectivity index (χ0n) is 12.4. The van der Waals surface area contributed by atoms with Gasteiger partial charge >= 0.3 is 0 Å². The minimum absolute atomic E-state index is 0.326. The lowest BCUT2D eigenvalue weighted by atomic mass is 10.0. The monoisotopic (exact) mass is 280 g/mol. The first-order chi connectivity index (χ1) is 8.82. The molecule has 0 amide bonds. The molecule has 1 atom stereocenters. The highest BCUT2D eigenvalue weighted by molar-refractivity contribution is 7.80. The van der Waals surface area contributed by atoms with Gasteiger partial charge in [-0.25, -0.2) is 0 Å². The Morgan fingerprint density at radius 3 is 2.37 bits per heavy atom. The van der Waals surface area contributed by atoms with E-state index < -0.39 is 0 Å². The zero-order valence-corrected chi connectivity index (χ0v) is 13.3. The first kappa shape index (κ1) is 15.8. The van der Waals surface area contributed by atoms with Crippen molar-refractivity contribution in [1.29, 1.82) is 0 Å². The Balaban J connectivity index is 2.89. The van der Waals surface area contributed by atoms with E-state index in [4.69, 9.17) is 18.0 Å². The number of anilines is 1. The molecule has 0 radical (unpaired) electrons. The molecular weight excluding hydrogens is 256 g/mol. The molecule has 1 aromatic heterocycles. The number of aromatic nitrogens is 2. The summed E-state index contributed by atoms with van der Waals surface area (Å²) in [6.45, 7) is 10.5. The van der Waals surface area contributed by atoms with Gasteiger partial charge in [-0.2, -0.15) is 5.10 Å². The quantitative estimate of drug-likeness (QED) is 0.784. The van der Waals surface area contributed by atoms with Crippen LogP contribution in [0.25, 0.3) is 0 Å². The number of nitrogens with one attached hydrogen (secondary N) is 1. The van der Waals surface area contributed by atoms with Gasteiger partial charge in [0.05, 0.1) is 11.3 Å². The molecule has 106 valence electrons. The van der Waals surface area contributed by atoms with E-state index in [1.807, 2.05) is 13.8 Å². The molecule has 1 heterocycles. The summed E-state index contributed by atoms with van der Waals surface area (Å²) in [6, 6.07) is 0.326. The molecule has 3 N–H and O–H groups in total. The molecule has 0 saturated carbocycles. The van der Waals surface area contributed by atoms with Crippen LogP contribution in [0.15, 0.2) is 0 Å². The lowest BCUT2D eigenvalue weighted by Crippen LogP contribution is -2.23. The maximum atomic E-state index is 5.81. The van der Waals surface area contributed by atoms with Crippen molar-refractivity contribution >= 4 is 23.0 Å². The van der Waals surface area contributed by atoms with Crippen molar-refractivity contribution in [2.24, 2.45) is 11.7 Å². The van der Waals surface area contributed by atoms with Crippen LogP contribution in [0.5, 0.6) is 0 Å². The van der Waals surface area contributed by atoms with Crippen LogP contribution in [0.4, 0.5) is 5.82 Å². The molecule has 0 saturated heterocycles. The number of nitrogens with zero attached hydrogens (tertiary/aromatic N) is 2.